The molecular weight excluding hydrogens is 1050 g/mol. The van der Waals surface area contributed by atoms with Crippen LogP contribution in [0.1, 0.15) is 99.5 Å². The van der Waals surface area contributed by atoms with Crippen molar-refractivity contribution in [3.8, 4) is 0 Å². The number of aliphatic hydroxyl groups excluding tert-OH is 5. The van der Waals surface area contributed by atoms with Crippen LogP contribution in [-0.4, -0.2) is 170 Å². The van der Waals surface area contributed by atoms with Crippen LogP contribution in [0.4, 0.5) is 0 Å². The highest BCUT2D eigenvalue weighted by molar-refractivity contribution is 5.96. The maximum absolute atomic E-state index is 16.3. The lowest BCUT2D eigenvalue weighted by Crippen LogP contribution is -2.82. The van der Waals surface area contributed by atoms with Gasteiger partial charge >= 0.3 is 35.8 Å². The highest BCUT2D eigenvalue weighted by atomic mass is 16.7. The molecule has 1 amide bonds. The lowest BCUT2D eigenvalue weighted by Gasteiger charge is -2.67. The summed E-state index contributed by atoms with van der Waals surface area (Å²) in [5.74, 6) is -10.1. The number of rotatable bonds is 16. The number of benzene rings is 3. The van der Waals surface area contributed by atoms with Gasteiger partial charge in [0.1, 0.15) is 48.3 Å². The van der Waals surface area contributed by atoms with Crippen LogP contribution in [-0.2, 0) is 66.7 Å². The number of ether oxygens (including phenoxy) is 8. The molecule has 0 spiro atoms. The van der Waals surface area contributed by atoms with Crippen LogP contribution in [0.15, 0.2) is 102 Å². The summed E-state index contributed by atoms with van der Waals surface area (Å²) in [4.78, 5) is 113. The highest BCUT2D eigenvalue weighted by Crippen LogP contribution is 2.65. The number of fused-ring (bicyclic) bond motifs is 5. The van der Waals surface area contributed by atoms with Gasteiger partial charge in [-0.1, -0.05) is 80.6 Å². The molecule has 80 heavy (non-hydrogen) atoms. The third-order valence-corrected chi connectivity index (χ3v) is 16.4. The lowest BCUT2D eigenvalue weighted by atomic mass is 9.44. The molecule has 16 atom stereocenters. The zero-order valence-electron chi connectivity index (χ0n) is 44.6. The molecule has 3 aliphatic carbocycles. The number of Topliss-reactive ketones (excluding diaryl/α,β-unsaturated/α-hetero) is 1. The molecule has 5 aliphatic rings. The first-order valence-electron chi connectivity index (χ1n) is 26.0. The van der Waals surface area contributed by atoms with Crippen LogP contribution >= 0.6 is 0 Å². The molecular formula is C57H65NO22. The van der Waals surface area contributed by atoms with Gasteiger partial charge in [0.05, 0.1) is 49.0 Å². The predicted octanol–water partition coefficient (Wildman–Crippen LogP) is 1.41. The predicted molar refractivity (Wildman–Crippen MR) is 271 cm³/mol. The van der Waals surface area contributed by atoms with Crippen molar-refractivity contribution in [2.45, 2.75) is 152 Å². The largest absolute Gasteiger partial charge is 0.461 e. The summed E-state index contributed by atoms with van der Waals surface area (Å²) >= 11 is 0. The summed E-state index contributed by atoms with van der Waals surface area (Å²) in [5, 5.41) is 69.5. The van der Waals surface area contributed by atoms with Gasteiger partial charge < -0.3 is 73.9 Å². The Kier molecular flexibility index (Phi) is 17.2. The van der Waals surface area contributed by atoms with E-state index in [9.17, 15) is 64.2 Å². The third-order valence-electron chi connectivity index (χ3n) is 16.4. The minimum absolute atomic E-state index is 0.0413. The van der Waals surface area contributed by atoms with Gasteiger partial charge in [-0.3, -0.25) is 28.8 Å². The summed E-state index contributed by atoms with van der Waals surface area (Å²) in [6.07, 6.45) is -22.5. The smallest absolute Gasteiger partial charge is 0.338 e. The molecule has 2 saturated heterocycles. The first kappa shape index (κ1) is 59.2. The van der Waals surface area contributed by atoms with E-state index in [1.165, 1.54) is 64.1 Å². The number of ketones is 1. The van der Waals surface area contributed by atoms with Gasteiger partial charge in [0, 0.05) is 37.7 Å². The summed E-state index contributed by atoms with van der Waals surface area (Å²) < 4.78 is 47.2. The number of amides is 1. The van der Waals surface area contributed by atoms with Crippen molar-refractivity contribution in [2.75, 3.05) is 13.2 Å². The van der Waals surface area contributed by atoms with E-state index in [4.69, 9.17) is 37.9 Å². The van der Waals surface area contributed by atoms with Crippen LogP contribution in [0.3, 0.4) is 0 Å². The van der Waals surface area contributed by atoms with Crippen molar-refractivity contribution in [3.63, 3.8) is 0 Å². The van der Waals surface area contributed by atoms with Gasteiger partial charge in [-0.05, 0) is 54.8 Å². The standard InChI is InChI=1S/C57H65NO22/c1-28-34(75-52(70)43(65)41(31-16-10-7-11-17-31)58-50(68)32-18-12-8-13-19-32)25-57(72)49(79-51(69)33-20-14-9-15-21-33)47-55(6,48(67)45(74-29(2)60)40(28)54(57,4)5)36(24-37-56(47,27-73-37)80-30(3)61)77-38(62)22-23-39(63)78-46-42(64)35(26-59)76-53(71)44(46)66/h7-21,34-37,41-47,49,53,59,64-66,71-72H,22-27H2,1-6H3,(H,58,68)/t34-,35+,36-,37+,41-,42+,43+,44+,45+,46-,47?,49?,53?,55+,56-,57+/m0/s1. The molecule has 0 aromatic heterocycles. The fourth-order valence-corrected chi connectivity index (χ4v) is 12.2. The van der Waals surface area contributed by atoms with Crippen LogP contribution < -0.4 is 5.32 Å². The third kappa shape index (κ3) is 10.9. The topological polar surface area (TPSA) is 344 Å². The molecule has 3 aromatic carbocycles. The van der Waals surface area contributed by atoms with Gasteiger partial charge in [0.2, 0.25) is 0 Å². The zero-order valence-corrected chi connectivity index (χ0v) is 44.6. The van der Waals surface area contributed by atoms with Crippen molar-refractivity contribution in [2.24, 2.45) is 16.7 Å². The molecule has 23 heteroatoms. The molecule has 3 unspecified atom stereocenters. The average Bonchev–Trinajstić information content (AvgIpc) is 3.62. The summed E-state index contributed by atoms with van der Waals surface area (Å²) in [6, 6.07) is 22.1. The van der Waals surface area contributed by atoms with E-state index in [0.29, 0.717) is 5.56 Å². The first-order valence-corrected chi connectivity index (χ1v) is 26.0. The highest BCUT2D eigenvalue weighted by Gasteiger charge is 2.79. The van der Waals surface area contributed by atoms with E-state index in [-0.39, 0.29) is 22.3 Å². The number of nitrogens with one attached hydrogen (secondary N) is 1. The fourth-order valence-electron chi connectivity index (χ4n) is 12.2. The lowest BCUT2D eigenvalue weighted by molar-refractivity contribution is -0.346. The Morgan fingerprint density at radius 2 is 1.35 bits per heavy atom. The van der Waals surface area contributed by atoms with Gasteiger partial charge in [-0.25, -0.2) is 9.59 Å². The zero-order chi connectivity index (χ0) is 58.2. The van der Waals surface area contributed by atoms with Crippen LogP contribution in [0.5, 0.6) is 0 Å². The molecule has 430 valence electrons. The quantitative estimate of drug-likeness (QED) is 0.0606. The molecule has 2 aliphatic heterocycles. The number of esters is 6. The summed E-state index contributed by atoms with van der Waals surface area (Å²) in [5.41, 5.74) is -8.45. The normalized spacial score (nSPS) is 33.0. The van der Waals surface area contributed by atoms with Gasteiger partial charge in [-0.15, -0.1) is 0 Å². The molecule has 3 aromatic rings. The second-order valence-corrected chi connectivity index (χ2v) is 21.5. The van der Waals surface area contributed by atoms with E-state index < -0.39 is 188 Å². The number of aliphatic hydroxyl groups is 6. The van der Waals surface area contributed by atoms with Crippen molar-refractivity contribution < 1.29 is 107 Å². The molecule has 23 nitrogen and oxygen atoms in total. The Balaban J connectivity index is 1.23. The minimum Gasteiger partial charge on any atom is -0.461 e. The molecule has 7 N–H and O–H groups in total. The molecule has 2 bridgehead atoms. The number of carbonyl (C=O) groups is 8. The Bertz CT molecular complexity index is 2880. The van der Waals surface area contributed by atoms with E-state index in [2.05, 4.69) is 5.32 Å². The summed E-state index contributed by atoms with van der Waals surface area (Å²) in [7, 11) is 0. The average molecular weight is 1120 g/mol. The Morgan fingerprint density at radius 3 is 1.91 bits per heavy atom. The number of carbonyl (C=O) groups excluding carboxylic acids is 8. The molecule has 2 saturated carbocycles. The van der Waals surface area contributed by atoms with Crippen molar-refractivity contribution in [1.29, 1.82) is 0 Å². The van der Waals surface area contributed by atoms with E-state index in [0.717, 1.165) is 13.8 Å². The Hall–Kier alpha value is -6.96. The van der Waals surface area contributed by atoms with Gasteiger partial charge in [-0.2, -0.15) is 0 Å². The van der Waals surface area contributed by atoms with E-state index in [1.54, 1.807) is 54.6 Å². The fraction of sp³-hybridized carbons (Fsp3) is 0.509. The second-order valence-electron chi connectivity index (χ2n) is 21.5. The van der Waals surface area contributed by atoms with Crippen molar-refractivity contribution in [3.05, 3.63) is 119 Å². The van der Waals surface area contributed by atoms with E-state index in [1.807, 2.05) is 0 Å². The Morgan fingerprint density at radius 1 is 0.762 bits per heavy atom. The van der Waals surface area contributed by atoms with Crippen LogP contribution in [0.25, 0.3) is 0 Å². The SMILES string of the molecule is CC(=O)O[C@H]1C(=O)[C@@]2(C)C(C(OC(=O)c3ccccc3)[C@]3(O)C[C@H](OC(=O)[C@H](O)[C@@H](NC(=O)c4ccccc4)c4ccccc4)C(C)=C1C3(C)C)[C@]1(OC(C)=O)CO[C@@H]1C[C@@H]2OC(=O)CCC(=O)O[C@H]1[C@H](O)[C@@H](CO)OC(O)[C@@H]1O. The van der Waals surface area contributed by atoms with Crippen molar-refractivity contribution in [1.82, 2.24) is 5.32 Å². The summed E-state index contributed by atoms with van der Waals surface area (Å²) in [6.45, 7) is 6.48. The van der Waals surface area contributed by atoms with Gasteiger partial charge in [0.15, 0.2) is 36.0 Å². The van der Waals surface area contributed by atoms with Crippen LogP contribution in [0, 0.1) is 16.7 Å². The Labute approximate surface area is 459 Å². The molecule has 2 heterocycles. The monoisotopic (exact) mass is 1120 g/mol. The van der Waals surface area contributed by atoms with Gasteiger partial charge in [0.25, 0.3) is 5.91 Å². The minimum atomic E-state index is -2.60. The molecule has 0 radical (unpaired) electrons. The van der Waals surface area contributed by atoms with Crippen molar-refractivity contribution >= 4 is 47.5 Å². The molecule has 8 rings (SSSR count). The van der Waals surface area contributed by atoms with Crippen LogP contribution in [0.2, 0.25) is 0 Å². The molecule has 4 fully saturated rings. The number of hydrogen-bond acceptors (Lipinski definition) is 22. The first-order chi connectivity index (χ1) is 37.8. The maximum atomic E-state index is 16.3. The number of hydrogen-bond donors (Lipinski definition) is 7. The second kappa shape index (κ2) is 23.3. The maximum Gasteiger partial charge on any atom is 0.338 e. The van der Waals surface area contributed by atoms with E-state index >= 15 is 4.79 Å².